The smallest absolute Gasteiger partial charge is 0.0192 e. The summed E-state index contributed by atoms with van der Waals surface area (Å²) in [5.41, 5.74) is 11.3. The highest BCUT2D eigenvalue weighted by molar-refractivity contribution is 7.59. The van der Waals surface area contributed by atoms with Crippen LogP contribution in [0.25, 0.3) is 0 Å². The second kappa shape index (κ2) is 6.34. The van der Waals surface area contributed by atoms with Gasteiger partial charge in [-0.1, -0.05) is 12.8 Å². The van der Waals surface area contributed by atoms with Gasteiger partial charge in [0.15, 0.2) is 0 Å². The lowest BCUT2D eigenvalue weighted by Crippen LogP contribution is -2.43. The fraction of sp³-hybridized carbons (Fsp3) is 1.00. The molecular weight excluding hydrogens is 164 g/mol. The maximum Gasteiger partial charge on any atom is 0.0192 e. The number of nitrogens with two attached hydrogens (primary N) is 2. The minimum atomic E-state index is 0. The summed E-state index contributed by atoms with van der Waals surface area (Å²) in [6, 6.07) is 0.562. The van der Waals surface area contributed by atoms with E-state index in [1.54, 1.807) is 0 Å². The van der Waals surface area contributed by atoms with Crippen LogP contribution in [-0.2, 0) is 0 Å². The van der Waals surface area contributed by atoms with Gasteiger partial charge < -0.3 is 11.5 Å². The summed E-state index contributed by atoms with van der Waals surface area (Å²) < 4.78 is 0. The van der Waals surface area contributed by atoms with Crippen molar-refractivity contribution in [3.63, 3.8) is 0 Å². The number of hydrogen-bond donors (Lipinski definition) is 2. The van der Waals surface area contributed by atoms with E-state index in [-0.39, 0.29) is 39.1 Å². The Morgan fingerprint density at radius 1 is 0.800 bits per heavy atom. The maximum atomic E-state index is 5.65. The molecule has 0 amide bonds. The standard InChI is InChI=1S/C6H14N2.2H2S/c7-5-3-1-2-4-6(5)8;;/h5-6H,1-4,7-8H2;2*1H2/t5-,6-;;/m0../s1. The summed E-state index contributed by atoms with van der Waals surface area (Å²) in [7, 11) is 0. The van der Waals surface area contributed by atoms with Gasteiger partial charge in [0, 0.05) is 12.1 Å². The molecule has 10 heavy (non-hydrogen) atoms. The predicted octanol–water partition coefficient (Wildman–Crippen LogP) is 0.441. The van der Waals surface area contributed by atoms with Crippen LogP contribution in [0.2, 0.25) is 0 Å². The minimum Gasteiger partial charge on any atom is -0.326 e. The van der Waals surface area contributed by atoms with Gasteiger partial charge in [-0.15, -0.1) is 0 Å². The maximum absolute atomic E-state index is 5.65. The largest absolute Gasteiger partial charge is 0.326 e. The summed E-state index contributed by atoms with van der Waals surface area (Å²) in [5, 5.41) is 0. The summed E-state index contributed by atoms with van der Waals surface area (Å²) in [5.74, 6) is 0. The molecule has 1 fully saturated rings. The van der Waals surface area contributed by atoms with Crippen molar-refractivity contribution in [1.82, 2.24) is 0 Å². The van der Waals surface area contributed by atoms with Crippen LogP contribution >= 0.6 is 27.0 Å². The highest BCUT2D eigenvalue weighted by atomic mass is 32.1. The number of hydrogen-bond acceptors (Lipinski definition) is 2. The van der Waals surface area contributed by atoms with E-state index in [2.05, 4.69) is 0 Å². The Bertz CT molecular complexity index is 70.1. The van der Waals surface area contributed by atoms with Crippen molar-refractivity contribution in [2.24, 2.45) is 11.5 Å². The van der Waals surface area contributed by atoms with E-state index >= 15 is 0 Å². The van der Waals surface area contributed by atoms with Crippen molar-refractivity contribution in [3.8, 4) is 0 Å². The molecule has 2 nitrogen and oxygen atoms in total. The first-order valence-corrected chi connectivity index (χ1v) is 3.32. The Kier molecular flexibility index (Phi) is 8.38. The van der Waals surface area contributed by atoms with E-state index in [4.69, 9.17) is 11.5 Å². The Morgan fingerprint density at radius 3 is 1.30 bits per heavy atom. The summed E-state index contributed by atoms with van der Waals surface area (Å²) in [6.07, 6.45) is 4.80. The second-order valence-electron chi connectivity index (χ2n) is 2.61. The fourth-order valence-corrected chi connectivity index (χ4v) is 1.19. The molecule has 0 aromatic heterocycles. The lowest BCUT2D eigenvalue weighted by atomic mass is 9.92. The van der Waals surface area contributed by atoms with Crippen LogP contribution in [-0.4, -0.2) is 12.1 Å². The third-order valence-electron chi connectivity index (χ3n) is 1.87. The van der Waals surface area contributed by atoms with E-state index in [0.717, 1.165) is 12.8 Å². The molecule has 0 bridgehead atoms. The van der Waals surface area contributed by atoms with Gasteiger partial charge >= 0.3 is 0 Å². The third kappa shape index (κ3) is 3.71. The quantitative estimate of drug-likeness (QED) is 0.571. The Labute approximate surface area is 76.6 Å². The first-order valence-electron chi connectivity index (χ1n) is 3.32. The molecule has 1 aliphatic carbocycles. The molecule has 4 N–H and O–H groups in total. The minimum absolute atomic E-state index is 0. The Balaban J connectivity index is 0. The van der Waals surface area contributed by atoms with Crippen LogP contribution in [0.3, 0.4) is 0 Å². The van der Waals surface area contributed by atoms with Gasteiger partial charge in [0.1, 0.15) is 0 Å². The summed E-state index contributed by atoms with van der Waals surface area (Å²) >= 11 is 0. The van der Waals surface area contributed by atoms with Gasteiger partial charge in [-0.25, -0.2) is 0 Å². The average Bonchev–Trinajstić information content (AvgIpc) is 1.77. The molecule has 0 aliphatic heterocycles. The fourth-order valence-electron chi connectivity index (χ4n) is 1.19. The topological polar surface area (TPSA) is 52.0 Å². The molecule has 1 saturated carbocycles. The van der Waals surface area contributed by atoms with E-state index in [0.29, 0.717) is 0 Å². The highest BCUT2D eigenvalue weighted by Crippen LogP contribution is 2.14. The average molecular weight is 182 g/mol. The van der Waals surface area contributed by atoms with Crippen molar-refractivity contribution in [2.75, 3.05) is 0 Å². The van der Waals surface area contributed by atoms with Crippen LogP contribution < -0.4 is 11.5 Å². The van der Waals surface area contributed by atoms with Gasteiger partial charge in [-0.2, -0.15) is 27.0 Å². The van der Waals surface area contributed by atoms with Gasteiger partial charge in [-0.05, 0) is 12.8 Å². The van der Waals surface area contributed by atoms with E-state index < -0.39 is 0 Å². The van der Waals surface area contributed by atoms with Crippen LogP contribution in [0.5, 0.6) is 0 Å². The molecule has 0 spiro atoms. The van der Waals surface area contributed by atoms with Crippen LogP contribution in [0, 0.1) is 0 Å². The van der Waals surface area contributed by atoms with Crippen molar-refractivity contribution in [3.05, 3.63) is 0 Å². The zero-order valence-electron chi connectivity index (χ0n) is 6.14. The van der Waals surface area contributed by atoms with Gasteiger partial charge in [0.25, 0.3) is 0 Å². The zero-order chi connectivity index (χ0) is 5.98. The van der Waals surface area contributed by atoms with Crippen molar-refractivity contribution < 1.29 is 0 Å². The number of rotatable bonds is 0. The van der Waals surface area contributed by atoms with E-state index in [1.165, 1.54) is 12.8 Å². The zero-order valence-corrected chi connectivity index (χ0v) is 8.14. The first kappa shape index (κ1) is 13.2. The highest BCUT2D eigenvalue weighted by Gasteiger charge is 2.16. The molecular formula is C6H18N2S2. The molecule has 1 rings (SSSR count). The SMILES string of the molecule is N[C@H]1CCCC[C@@H]1N.S.S. The van der Waals surface area contributed by atoms with Crippen molar-refractivity contribution >= 4 is 27.0 Å². The molecule has 0 aromatic rings. The van der Waals surface area contributed by atoms with Crippen molar-refractivity contribution in [1.29, 1.82) is 0 Å². The molecule has 0 radical (unpaired) electrons. The first-order chi connectivity index (χ1) is 3.80. The second-order valence-corrected chi connectivity index (χ2v) is 2.61. The van der Waals surface area contributed by atoms with Gasteiger partial charge in [0.05, 0.1) is 0 Å². The molecule has 0 unspecified atom stereocenters. The lowest BCUT2D eigenvalue weighted by Gasteiger charge is -2.24. The van der Waals surface area contributed by atoms with E-state index in [9.17, 15) is 0 Å². The molecule has 2 atom stereocenters. The Morgan fingerprint density at radius 2 is 1.10 bits per heavy atom. The monoisotopic (exact) mass is 182 g/mol. The van der Waals surface area contributed by atoms with Gasteiger partial charge in [0.2, 0.25) is 0 Å². The van der Waals surface area contributed by atoms with Gasteiger partial charge in [-0.3, -0.25) is 0 Å². The summed E-state index contributed by atoms with van der Waals surface area (Å²) in [6.45, 7) is 0. The summed E-state index contributed by atoms with van der Waals surface area (Å²) in [4.78, 5) is 0. The normalized spacial score (nSPS) is 31.8. The van der Waals surface area contributed by atoms with Crippen LogP contribution in [0.15, 0.2) is 0 Å². The predicted molar refractivity (Wildman–Crippen MR) is 55.2 cm³/mol. The van der Waals surface area contributed by atoms with Crippen LogP contribution in [0.4, 0.5) is 0 Å². The Hall–Kier alpha value is 0.620. The third-order valence-corrected chi connectivity index (χ3v) is 1.87. The molecule has 0 heterocycles. The molecule has 0 saturated heterocycles. The molecule has 1 aliphatic rings. The van der Waals surface area contributed by atoms with Crippen molar-refractivity contribution in [2.45, 2.75) is 37.8 Å². The van der Waals surface area contributed by atoms with E-state index in [1.807, 2.05) is 0 Å². The lowest BCUT2D eigenvalue weighted by molar-refractivity contribution is 0.385. The van der Waals surface area contributed by atoms with Crippen LogP contribution in [0.1, 0.15) is 25.7 Å². The molecule has 0 aromatic carbocycles. The molecule has 4 heteroatoms. The molecule has 64 valence electrons.